The number of anilines is 1. The Labute approximate surface area is 375 Å². The zero-order valence-electron chi connectivity index (χ0n) is 35.9. The summed E-state index contributed by atoms with van der Waals surface area (Å²) < 4.78 is 24.9. The number of aliphatic imine (C=N–C) groups is 1. The number of ketones is 2. The maximum absolute atomic E-state index is 13.6. The number of carbonyl (C=O) groups is 2. The SMILES string of the molecule is Cc1cc(NCCOCCOCCOCCOc2ccc(CC(=O)C[C@@H]3N=C(c4ccc(Cl)cc4)c4c(sc(C)c4C)-n4c(C)nnc43)cc2)ncc1-c1cnc2c(c1)CC(=O)C2. The van der Waals surface area contributed by atoms with Crippen LogP contribution in [0, 0.1) is 27.7 Å². The van der Waals surface area contributed by atoms with E-state index < -0.39 is 6.04 Å². The van der Waals surface area contributed by atoms with Crippen molar-refractivity contribution in [2.45, 2.75) is 59.4 Å². The molecule has 15 heteroatoms. The molecular weight excluding hydrogens is 838 g/mol. The van der Waals surface area contributed by atoms with E-state index in [2.05, 4.69) is 50.0 Å². The lowest BCUT2D eigenvalue weighted by Gasteiger charge is -2.13. The van der Waals surface area contributed by atoms with Crippen molar-refractivity contribution < 1.29 is 28.5 Å². The molecular formula is C48H50ClN7O6S. The van der Waals surface area contributed by atoms with Gasteiger partial charge in [-0.3, -0.25) is 24.1 Å². The number of hydrogen-bond donors (Lipinski definition) is 1. The van der Waals surface area contributed by atoms with Crippen molar-refractivity contribution in [3.63, 3.8) is 0 Å². The summed E-state index contributed by atoms with van der Waals surface area (Å²) in [5.74, 6) is 3.17. The molecule has 2 aromatic carbocycles. The first kappa shape index (κ1) is 44.0. The molecule has 326 valence electrons. The van der Waals surface area contributed by atoms with Gasteiger partial charge >= 0.3 is 0 Å². The number of carbonyl (C=O) groups excluding carboxylic acids is 2. The third kappa shape index (κ3) is 10.6. The van der Waals surface area contributed by atoms with Crippen molar-refractivity contribution in [3.05, 3.63) is 134 Å². The minimum absolute atomic E-state index is 0.0501. The van der Waals surface area contributed by atoms with Crippen LogP contribution in [-0.4, -0.2) is 94.8 Å². The monoisotopic (exact) mass is 887 g/mol. The molecule has 63 heavy (non-hydrogen) atoms. The van der Waals surface area contributed by atoms with Crippen LogP contribution < -0.4 is 10.1 Å². The molecule has 8 rings (SSSR count). The molecule has 2 aliphatic rings. The summed E-state index contributed by atoms with van der Waals surface area (Å²) in [6.07, 6.45) is 5.00. The first-order valence-electron chi connectivity index (χ1n) is 21.1. The van der Waals surface area contributed by atoms with E-state index in [9.17, 15) is 9.59 Å². The van der Waals surface area contributed by atoms with Gasteiger partial charge < -0.3 is 24.3 Å². The van der Waals surface area contributed by atoms with Crippen LogP contribution in [0.2, 0.25) is 5.02 Å². The van der Waals surface area contributed by atoms with Gasteiger partial charge in [0.15, 0.2) is 5.82 Å². The van der Waals surface area contributed by atoms with Gasteiger partial charge in [0.25, 0.3) is 0 Å². The minimum atomic E-state index is -0.507. The number of nitrogens with zero attached hydrogens (tertiary/aromatic N) is 6. The van der Waals surface area contributed by atoms with E-state index in [1.54, 1.807) is 11.3 Å². The minimum Gasteiger partial charge on any atom is -0.491 e. The van der Waals surface area contributed by atoms with Gasteiger partial charge in [-0.1, -0.05) is 35.9 Å². The van der Waals surface area contributed by atoms with E-state index >= 15 is 0 Å². The summed E-state index contributed by atoms with van der Waals surface area (Å²) in [6, 6.07) is 18.8. The lowest BCUT2D eigenvalue weighted by molar-refractivity contribution is -0.119. The molecule has 0 radical (unpaired) electrons. The highest BCUT2D eigenvalue weighted by Gasteiger charge is 2.32. The number of fused-ring (bicyclic) bond motifs is 4. The van der Waals surface area contributed by atoms with Crippen LogP contribution in [0.25, 0.3) is 16.1 Å². The van der Waals surface area contributed by atoms with Crippen LogP contribution in [-0.2, 0) is 43.1 Å². The number of rotatable bonds is 20. The lowest BCUT2D eigenvalue weighted by atomic mass is 9.99. The molecule has 0 saturated carbocycles. The Bertz CT molecular complexity index is 2630. The smallest absolute Gasteiger partial charge is 0.163 e. The highest BCUT2D eigenvalue weighted by Crippen LogP contribution is 2.40. The quantitative estimate of drug-likeness (QED) is 0.0744. The summed E-state index contributed by atoms with van der Waals surface area (Å²) in [5, 5.41) is 13.9. The highest BCUT2D eigenvalue weighted by molar-refractivity contribution is 7.15. The van der Waals surface area contributed by atoms with E-state index in [1.165, 1.54) is 4.88 Å². The third-order valence-corrected chi connectivity index (χ3v) is 12.6. The molecule has 4 aromatic heterocycles. The fraction of sp³-hybridized carbons (Fsp3) is 0.354. The molecule has 1 atom stereocenters. The number of halogens is 1. The van der Waals surface area contributed by atoms with Gasteiger partial charge in [0, 0.05) is 76.8 Å². The van der Waals surface area contributed by atoms with Gasteiger partial charge in [-0.25, -0.2) is 4.98 Å². The summed E-state index contributed by atoms with van der Waals surface area (Å²) in [5.41, 5.74) is 9.80. The second kappa shape index (κ2) is 20.2. The zero-order valence-corrected chi connectivity index (χ0v) is 37.5. The Kier molecular flexibility index (Phi) is 14.1. The van der Waals surface area contributed by atoms with Crippen LogP contribution in [0.5, 0.6) is 5.75 Å². The molecule has 1 aliphatic heterocycles. The third-order valence-electron chi connectivity index (χ3n) is 11.1. The number of aromatic nitrogens is 5. The van der Waals surface area contributed by atoms with Crippen LogP contribution in [0.4, 0.5) is 5.82 Å². The first-order chi connectivity index (χ1) is 30.6. The van der Waals surface area contributed by atoms with Crippen molar-refractivity contribution in [2.75, 3.05) is 58.1 Å². The topological polar surface area (TPSA) is 152 Å². The van der Waals surface area contributed by atoms with Gasteiger partial charge in [-0.2, -0.15) is 0 Å². The number of Topliss-reactive ketones (excluding diaryl/α,β-unsaturated/α-hetero) is 2. The summed E-state index contributed by atoms with van der Waals surface area (Å²) in [4.78, 5) is 40.9. The highest BCUT2D eigenvalue weighted by atomic mass is 35.5. The van der Waals surface area contributed by atoms with Crippen LogP contribution in [0.3, 0.4) is 0 Å². The largest absolute Gasteiger partial charge is 0.491 e. The average molecular weight is 888 g/mol. The van der Waals surface area contributed by atoms with E-state index in [0.29, 0.717) is 82.2 Å². The van der Waals surface area contributed by atoms with Crippen LogP contribution >= 0.6 is 22.9 Å². The van der Waals surface area contributed by atoms with Gasteiger partial charge in [0.2, 0.25) is 0 Å². The number of nitrogens with one attached hydrogen (secondary N) is 1. The van der Waals surface area contributed by atoms with Gasteiger partial charge in [-0.05, 0) is 86.3 Å². The lowest BCUT2D eigenvalue weighted by Crippen LogP contribution is -2.15. The Morgan fingerprint density at radius 2 is 1.57 bits per heavy atom. The standard InChI is InChI=1S/C48H50ClN7O6S/c1-29-21-44(52-28-41(29)36-23-35-24-39(58)25-42(35)51-27-36)50-13-14-59-15-16-60-17-18-61-19-20-62-40-11-5-33(6-12-40)22-38(57)26-43-47-55-54-32(4)56(47)48-45(30(2)31(3)63-48)46(53-43)34-7-9-37(49)10-8-34/h5-12,21,23,27-28,43H,13-20,22,24-26H2,1-4H3,(H,50,52)/t43-/m0/s1. The van der Waals surface area contributed by atoms with Crippen molar-refractivity contribution in [3.8, 4) is 21.9 Å². The molecule has 1 N–H and O–H groups in total. The second-order valence-corrected chi connectivity index (χ2v) is 17.3. The van der Waals surface area contributed by atoms with E-state index in [-0.39, 0.29) is 24.4 Å². The molecule has 0 unspecified atom stereocenters. The van der Waals surface area contributed by atoms with Crippen molar-refractivity contribution in [1.82, 2.24) is 24.7 Å². The molecule has 0 bridgehead atoms. The predicted molar refractivity (Wildman–Crippen MR) is 244 cm³/mol. The fourth-order valence-corrected chi connectivity index (χ4v) is 9.12. The maximum atomic E-state index is 13.6. The normalized spacial score (nSPS) is 14.2. The molecule has 13 nitrogen and oxygen atoms in total. The van der Waals surface area contributed by atoms with Gasteiger partial charge in [-0.15, -0.1) is 21.5 Å². The molecule has 0 amide bonds. The molecule has 1 aliphatic carbocycles. The van der Waals surface area contributed by atoms with E-state index in [4.69, 9.17) is 35.5 Å². The fourth-order valence-electron chi connectivity index (χ4n) is 7.78. The maximum Gasteiger partial charge on any atom is 0.163 e. The van der Waals surface area contributed by atoms with Crippen molar-refractivity contribution >= 4 is 46.0 Å². The first-order valence-corrected chi connectivity index (χ1v) is 22.3. The summed E-state index contributed by atoms with van der Waals surface area (Å²) in [6.45, 7) is 12.0. The Morgan fingerprint density at radius 3 is 2.32 bits per heavy atom. The number of ether oxygens (including phenoxy) is 4. The Hall–Kier alpha value is -5.64. The Balaban J connectivity index is 0.708. The molecule has 6 aromatic rings. The van der Waals surface area contributed by atoms with Gasteiger partial charge in [0.1, 0.15) is 46.6 Å². The van der Waals surface area contributed by atoms with Crippen molar-refractivity contribution in [2.24, 2.45) is 4.99 Å². The number of benzene rings is 2. The number of pyridine rings is 2. The number of hydrogen-bond acceptors (Lipinski definition) is 13. The van der Waals surface area contributed by atoms with E-state index in [0.717, 1.165) is 72.6 Å². The second-order valence-electron chi connectivity index (χ2n) is 15.7. The Morgan fingerprint density at radius 1 is 0.841 bits per heavy atom. The average Bonchev–Trinajstić information content (AvgIpc) is 3.91. The van der Waals surface area contributed by atoms with E-state index in [1.807, 2.05) is 80.8 Å². The predicted octanol–water partition coefficient (Wildman–Crippen LogP) is 7.98. The summed E-state index contributed by atoms with van der Waals surface area (Å²) in [7, 11) is 0. The molecule has 0 saturated heterocycles. The molecule has 0 spiro atoms. The number of thiophene rings is 1. The molecule has 0 fully saturated rings. The van der Waals surface area contributed by atoms with Crippen LogP contribution in [0.1, 0.15) is 68.1 Å². The summed E-state index contributed by atoms with van der Waals surface area (Å²) >= 11 is 7.94. The van der Waals surface area contributed by atoms with Crippen molar-refractivity contribution in [1.29, 1.82) is 0 Å². The number of aryl methyl sites for hydroxylation is 3. The van der Waals surface area contributed by atoms with Gasteiger partial charge in [0.05, 0.1) is 51.0 Å². The van der Waals surface area contributed by atoms with Crippen LogP contribution in [0.15, 0.2) is 78.0 Å². The molecule has 5 heterocycles. The zero-order chi connectivity index (χ0) is 43.9.